The van der Waals surface area contributed by atoms with Gasteiger partial charge >= 0.3 is 11.8 Å². The van der Waals surface area contributed by atoms with E-state index >= 15 is 0 Å². The number of aromatic nitrogens is 1. The fourth-order valence-corrected chi connectivity index (χ4v) is 1.86. The van der Waals surface area contributed by atoms with Gasteiger partial charge in [0.05, 0.1) is 5.92 Å². The van der Waals surface area contributed by atoms with E-state index in [0.29, 0.717) is 25.3 Å². The first-order valence-electron chi connectivity index (χ1n) is 5.17. The Morgan fingerprint density at radius 1 is 1.59 bits per heavy atom. The van der Waals surface area contributed by atoms with Crippen LogP contribution in [-0.4, -0.2) is 34.1 Å². The molecule has 1 saturated heterocycles. The van der Waals surface area contributed by atoms with Crippen LogP contribution < -0.4 is 4.90 Å². The van der Waals surface area contributed by atoms with Crippen molar-refractivity contribution in [2.45, 2.75) is 6.42 Å². The summed E-state index contributed by atoms with van der Waals surface area (Å²) >= 11 is 0. The lowest BCUT2D eigenvalue weighted by molar-refractivity contribution is -0.389. The molecule has 2 heterocycles. The molecule has 0 bridgehead atoms. The summed E-state index contributed by atoms with van der Waals surface area (Å²) in [6.45, 7) is 0.911. The van der Waals surface area contributed by atoms with Crippen LogP contribution in [0.4, 0.5) is 11.6 Å². The Bertz CT molecular complexity index is 463. The zero-order chi connectivity index (χ0) is 12.4. The van der Waals surface area contributed by atoms with Crippen LogP contribution in [0, 0.1) is 16.0 Å². The SMILES string of the molecule is O=C(O)[C@H]1CCN(c2cccc([N+](=O)[O-])n2)C1. The Labute approximate surface area is 96.8 Å². The number of carbonyl (C=O) groups is 1. The van der Waals surface area contributed by atoms with Crippen molar-refractivity contribution in [1.29, 1.82) is 0 Å². The standard InChI is InChI=1S/C10H11N3O4/c14-10(15)7-4-5-12(6-7)8-2-1-3-9(11-8)13(16)17/h1-3,7H,4-6H2,(H,14,15)/t7-/m0/s1. The molecule has 1 fully saturated rings. The number of carboxylic acids is 1. The van der Waals surface area contributed by atoms with E-state index < -0.39 is 16.8 Å². The Morgan fingerprint density at radius 3 is 2.94 bits per heavy atom. The van der Waals surface area contributed by atoms with Crippen LogP contribution in [-0.2, 0) is 4.79 Å². The molecule has 0 unspecified atom stereocenters. The second-order valence-electron chi connectivity index (χ2n) is 3.88. The normalized spacial score (nSPS) is 19.3. The molecule has 1 N–H and O–H groups in total. The highest BCUT2D eigenvalue weighted by Gasteiger charge is 2.30. The lowest BCUT2D eigenvalue weighted by Gasteiger charge is -2.12. The van der Waals surface area contributed by atoms with Crippen molar-refractivity contribution in [3.63, 3.8) is 0 Å². The maximum absolute atomic E-state index is 10.8. The summed E-state index contributed by atoms with van der Waals surface area (Å²) in [5, 5.41) is 19.4. The minimum absolute atomic E-state index is 0.221. The molecule has 1 aliphatic rings. The van der Waals surface area contributed by atoms with Gasteiger partial charge in [-0.1, -0.05) is 0 Å². The van der Waals surface area contributed by atoms with E-state index in [1.165, 1.54) is 6.07 Å². The van der Waals surface area contributed by atoms with Crippen LogP contribution in [0.1, 0.15) is 6.42 Å². The predicted molar refractivity (Wildman–Crippen MR) is 58.8 cm³/mol. The lowest BCUT2D eigenvalue weighted by atomic mass is 10.1. The maximum Gasteiger partial charge on any atom is 0.365 e. The molecule has 0 aliphatic carbocycles. The topological polar surface area (TPSA) is 96.6 Å². The predicted octanol–water partition coefficient (Wildman–Crippen LogP) is 0.901. The van der Waals surface area contributed by atoms with Crippen LogP contribution in [0.25, 0.3) is 0 Å². The average Bonchev–Trinajstić information content (AvgIpc) is 2.78. The second-order valence-corrected chi connectivity index (χ2v) is 3.88. The molecule has 1 atom stereocenters. The molecule has 1 aromatic rings. The van der Waals surface area contributed by atoms with Gasteiger partial charge in [-0.25, -0.2) is 0 Å². The van der Waals surface area contributed by atoms with Gasteiger partial charge in [0.25, 0.3) is 0 Å². The van der Waals surface area contributed by atoms with Crippen LogP contribution in [0.5, 0.6) is 0 Å². The van der Waals surface area contributed by atoms with Crippen LogP contribution >= 0.6 is 0 Å². The first kappa shape index (κ1) is 11.3. The Balaban J connectivity index is 2.16. The van der Waals surface area contributed by atoms with Crippen molar-refractivity contribution < 1.29 is 14.8 Å². The minimum Gasteiger partial charge on any atom is -0.481 e. The number of rotatable bonds is 3. The smallest absolute Gasteiger partial charge is 0.365 e. The molecule has 0 spiro atoms. The molecular formula is C10H11N3O4. The van der Waals surface area contributed by atoms with Crippen molar-refractivity contribution in [3.8, 4) is 0 Å². The van der Waals surface area contributed by atoms with Gasteiger partial charge in [0, 0.05) is 25.2 Å². The quantitative estimate of drug-likeness (QED) is 0.619. The highest BCUT2D eigenvalue weighted by molar-refractivity contribution is 5.71. The van der Waals surface area contributed by atoms with Crippen LogP contribution in [0.15, 0.2) is 18.2 Å². The summed E-state index contributed by atoms with van der Waals surface area (Å²) in [6, 6.07) is 4.51. The van der Waals surface area contributed by atoms with Crippen molar-refractivity contribution in [3.05, 3.63) is 28.3 Å². The van der Waals surface area contributed by atoms with Crippen molar-refractivity contribution >= 4 is 17.6 Å². The van der Waals surface area contributed by atoms with Crippen molar-refractivity contribution in [1.82, 2.24) is 4.98 Å². The number of pyridine rings is 1. The van der Waals surface area contributed by atoms with E-state index in [4.69, 9.17) is 5.11 Å². The molecule has 17 heavy (non-hydrogen) atoms. The molecule has 7 nitrogen and oxygen atoms in total. The first-order valence-corrected chi connectivity index (χ1v) is 5.17. The number of hydrogen-bond acceptors (Lipinski definition) is 5. The van der Waals surface area contributed by atoms with Gasteiger partial charge in [0.2, 0.25) is 5.82 Å². The summed E-state index contributed by atoms with van der Waals surface area (Å²) in [5.41, 5.74) is 0. The van der Waals surface area contributed by atoms with Crippen molar-refractivity contribution in [2.75, 3.05) is 18.0 Å². The monoisotopic (exact) mass is 237 g/mol. The van der Waals surface area contributed by atoms with E-state index in [1.54, 1.807) is 17.0 Å². The molecule has 0 amide bonds. The minimum atomic E-state index is -0.835. The molecule has 0 radical (unpaired) electrons. The number of carboxylic acid groups (broad SMARTS) is 1. The number of aliphatic carboxylic acids is 1. The largest absolute Gasteiger partial charge is 0.481 e. The number of anilines is 1. The highest BCUT2D eigenvalue weighted by Crippen LogP contribution is 2.23. The summed E-state index contributed by atoms with van der Waals surface area (Å²) in [5.74, 6) is -1.02. The van der Waals surface area contributed by atoms with Gasteiger partial charge in [-0.05, 0) is 22.4 Å². The maximum atomic E-state index is 10.8. The van der Waals surface area contributed by atoms with Gasteiger partial charge < -0.3 is 20.1 Å². The third kappa shape index (κ3) is 2.32. The van der Waals surface area contributed by atoms with E-state index in [-0.39, 0.29) is 5.82 Å². The van der Waals surface area contributed by atoms with E-state index in [2.05, 4.69) is 4.98 Å². The molecular weight excluding hydrogens is 226 g/mol. The third-order valence-corrected chi connectivity index (χ3v) is 2.77. The number of nitro groups is 1. The Hall–Kier alpha value is -2.18. The van der Waals surface area contributed by atoms with Crippen LogP contribution in [0.2, 0.25) is 0 Å². The summed E-state index contributed by atoms with van der Waals surface area (Å²) in [4.78, 5) is 26.4. The van der Waals surface area contributed by atoms with Crippen molar-refractivity contribution in [2.24, 2.45) is 5.92 Å². The molecule has 1 aromatic heterocycles. The number of hydrogen-bond donors (Lipinski definition) is 1. The molecule has 0 aromatic carbocycles. The average molecular weight is 237 g/mol. The van der Waals surface area contributed by atoms with E-state index in [9.17, 15) is 14.9 Å². The Morgan fingerprint density at radius 2 is 2.35 bits per heavy atom. The summed E-state index contributed by atoms with van der Waals surface area (Å²) < 4.78 is 0. The molecule has 2 rings (SSSR count). The summed E-state index contributed by atoms with van der Waals surface area (Å²) in [6.07, 6.45) is 0.541. The van der Waals surface area contributed by atoms with Crippen LogP contribution in [0.3, 0.4) is 0 Å². The molecule has 0 saturated carbocycles. The van der Waals surface area contributed by atoms with Gasteiger partial charge in [-0.3, -0.25) is 4.79 Å². The fraction of sp³-hybridized carbons (Fsp3) is 0.400. The Kier molecular flexibility index (Phi) is 2.90. The highest BCUT2D eigenvalue weighted by atomic mass is 16.6. The fourth-order valence-electron chi connectivity index (χ4n) is 1.86. The van der Waals surface area contributed by atoms with Gasteiger partial charge in [0.1, 0.15) is 0 Å². The molecule has 1 aliphatic heterocycles. The zero-order valence-corrected chi connectivity index (χ0v) is 8.94. The van der Waals surface area contributed by atoms with E-state index in [0.717, 1.165) is 0 Å². The lowest BCUT2D eigenvalue weighted by Crippen LogP contribution is -2.23. The van der Waals surface area contributed by atoms with Gasteiger partial charge in [0.15, 0.2) is 0 Å². The van der Waals surface area contributed by atoms with Gasteiger partial charge in [-0.15, -0.1) is 0 Å². The second kappa shape index (κ2) is 4.36. The number of nitrogens with zero attached hydrogens (tertiary/aromatic N) is 3. The molecule has 7 heteroatoms. The first-order chi connectivity index (χ1) is 8.08. The molecule has 90 valence electrons. The zero-order valence-electron chi connectivity index (χ0n) is 8.94. The van der Waals surface area contributed by atoms with Gasteiger partial charge in [-0.2, -0.15) is 0 Å². The summed E-state index contributed by atoms with van der Waals surface area (Å²) in [7, 11) is 0. The van der Waals surface area contributed by atoms with E-state index in [1.807, 2.05) is 0 Å². The third-order valence-electron chi connectivity index (χ3n) is 2.77.